The van der Waals surface area contributed by atoms with Gasteiger partial charge in [0.25, 0.3) is 17.7 Å². The van der Waals surface area contributed by atoms with Crippen LogP contribution in [-0.4, -0.2) is 119 Å². The standard InChI is InChI=1S/C18H16F3N5O2.C15H13BrFN5O3S.C15H13F3N4O2/c19-18(20,21)13-4-2-1-3-12(13)7-11-8-26(9-11)15-6-5-14(22-23-15)17-25-24-16(10-27)28-17;16-10-2-1-8(17)5-11(10)24-9-3-4-22(6-9)15-20-19-14(26-15)13-18-12(7-23)25-21-13;16-15(17,18)10-3-1-2-4-12(10)24-9-7-22(8-9)13-6-5-11(14(19)23)20-21-13/h1-6,11,27H,7-10H2;1-2,5,9,23H,3-4,6-7H2;1-6,9H,7-8H2,(H2,19,23)/t;9-;/m.0./s1. The molecule has 3 saturated heterocycles. The number of alkyl halides is 6. The molecule has 0 spiro atoms. The molecule has 3 fully saturated rings. The van der Waals surface area contributed by atoms with E-state index in [-0.39, 0.29) is 66.3 Å². The van der Waals surface area contributed by atoms with Gasteiger partial charge in [0.1, 0.15) is 48.4 Å². The number of nitrogens with two attached hydrogens (primary N) is 1. The first-order valence-corrected chi connectivity index (χ1v) is 25.0. The summed E-state index contributed by atoms with van der Waals surface area (Å²) < 4.78 is 114. The molecule has 408 valence electrons. The van der Waals surface area contributed by atoms with E-state index in [1.165, 1.54) is 59.9 Å². The van der Waals surface area contributed by atoms with Crippen LogP contribution in [0, 0.1) is 11.7 Å². The Morgan fingerprint density at radius 2 is 1.38 bits per heavy atom. The number of aliphatic hydroxyl groups is 2. The second-order valence-electron chi connectivity index (χ2n) is 17.5. The fraction of sp³-hybridized carbons (Fsp3) is 0.312. The first-order valence-electron chi connectivity index (χ1n) is 23.4. The van der Waals surface area contributed by atoms with Gasteiger partial charge < -0.3 is 49.1 Å². The molecule has 8 heterocycles. The zero-order valence-electron chi connectivity index (χ0n) is 40.2. The first-order chi connectivity index (χ1) is 37.4. The van der Waals surface area contributed by atoms with Gasteiger partial charge in [-0.25, -0.2) is 4.39 Å². The normalized spacial score (nSPS) is 15.7. The zero-order valence-corrected chi connectivity index (χ0v) is 42.6. The van der Waals surface area contributed by atoms with Crippen LogP contribution < -0.4 is 29.9 Å². The van der Waals surface area contributed by atoms with Gasteiger partial charge in [0.2, 0.25) is 16.8 Å². The number of anilines is 3. The van der Waals surface area contributed by atoms with Gasteiger partial charge in [0.05, 0.1) is 35.2 Å². The number of hydrogen-bond acceptors (Lipinski definition) is 21. The minimum absolute atomic E-state index is 0.0474. The number of hydrogen-bond donors (Lipinski definition) is 3. The summed E-state index contributed by atoms with van der Waals surface area (Å²) in [7, 11) is 0. The van der Waals surface area contributed by atoms with Crippen LogP contribution in [0.3, 0.4) is 0 Å². The molecule has 21 nitrogen and oxygen atoms in total. The number of halogens is 8. The maximum Gasteiger partial charge on any atom is 0.419 e. The van der Waals surface area contributed by atoms with Gasteiger partial charge >= 0.3 is 12.4 Å². The van der Waals surface area contributed by atoms with Crippen molar-refractivity contribution in [1.29, 1.82) is 0 Å². The van der Waals surface area contributed by atoms with E-state index >= 15 is 0 Å². The molecule has 1 atom stereocenters. The quantitative estimate of drug-likeness (QED) is 0.0907. The summed E-state index contributed by atoms with van der Waals surface area (Å²) in [4.78, 5) is 20.7. The molecule has 3 aromatic carbocycles. The van der Waals surface area contributed by atoms with E-state index < -0.39 is 29.4 Å². The summed E-state index contributed by atoms with van der Waals surface area (Å²) in [6.45, 7) is 2.65. The van der Waals surface area contributed by atoms with E-state index in [4.69, 9.17) is 34.4 Å². The van der Waals surface area contributed by atoms with Gasteiger partial charge in [-0.15, -0.1) is 40.8 Å². The van der Waals surface area contributed by atoms with Crippen LogP contribution in [-0.2, 0) is 32.0 Å². The Morgan fingerprint density at radius 3 is 2.04 bits per heavy atom. The maximum absolute atomic E-state index is 13.4. The van der Waals surface area contributed by atoms with Crippen molar-refractivity contribution in [2.24, 2.45) is 11.7 Å². The van der Waals surface area contributed by atoms with Crippen LogP contribution in [0.15, 0.2) is 104 Å². The Labute approximate surface area is 449 Å². The van der Waals surface area contributed by atoms with Crippen molar-refractivity contribution in [2.75, 3.05) is 54.0 Å². The molecule has 11 rings (SSSR count). The van der Waals surface area contributed by atoms with Gasteiger partial charge in [0, 0.05) is 32.1 Å². The molecule has 0 aliphatic carbocycles. The molecule has 30 heteroatoms. The van der Waals surface area contributed by atoms with Crippen LogP contribution in [0.25, 0.3) is 22.4 Å². The fourth-order valence-electron chi connectivity index (χ4n) is 8.09. The average molecular weight is 1170 g/mol. The largest absolute Gasteiger partial charge is 0.487 e. The van der Waals surface area contributed by atoms with Gasteiger partial charge in [-0.2, -0.15) is 31.3 Å². The summed E-state index contributed by atoms with van der Waals surface area (Å²) in [6, 6.07) is 21.6. The predicted octanol–water partition coefficient (Wildman–Crippen LogP) is 7.22. The van der Waals surface area contributed by atoms with Crippen molar-refractivity contribution >= 4 is 49.9 Å². The highest BCUT2D eigenvalue weighted by Crippen LogP contribution is 2.38. The first kappa shape index (κ1) is 54.8. The smallest absolute Gasteiger partial charge is 0.419 e. The van der Waals surface area contributed by atoms with E-state index in [0.717, 1.165) is 30.2 Å². The van der Waals surface area contributed by atoms with Crippen molar-refractivity contribution in [3.05, 3.63) is 135 Å². The third-order valence-electron chi connectivity index (χ3n) is 12.0. The number of primary amides is 1. The molecule has 5 aromatic heterocycles. The highest BCUT2D eigenvalue weighted by atomic mass is 79.9. The molecule has 3 aliphatic heterocycles. The SMILES string of the molecule is NC(=O)c1ccc(N2CC(Oc3ccccc3C(F)(F)F)C2)nn1.OCc1nc(-c2nnc(N3CC[C@H](Oc4cc(F)ccc4Br)C3)s2)no1.OCc1nnc(-c2ccc(N3CC(Cc4ccccc4C(F)(F)F)C3)nn2)o1. The third-order valence-corrected chi connectivity index (χ3v) is 13.6. The van der Waals surface area contributed by atoms with Gasteiger partial charge in [0.15, 0.2) is 22.3 Å². The molecule has 1 amide bonds. The lowest BCUT2D eigenvalue weighted by Gasteiger charge is -2.40. The van der Waals surface area contributed by atoms with Crippen LogP contribution >= 0.6 is 27.3 Å². The maximum atomic E-state index is 13.4. The number of carbonyl (C=O) groups excluding carboxylic acids is 1. The Bertz CT molecular complexity index is 3310. The van der Waals surface area contributed by atoms with Crippen molar-refractivity contribution in [3.8, 4) is 33.9 Å². The summed E-state index contributed by atoms with van der Waals surface area (Å²) in [6.07, 6.45) is -8.11. The monoisotopic (exact) mass is 1170 g/mol. The van der Waals surface area contributed by atoms with Crippen LogP contribution in [0.5, 0.6) is 11.5 Å². The number of para-hydroxylation sites is 1. The molecule has 0 bridgehead atoms. The number of ether oxygens (including phenoxy) is 2. The summed E-state index contributed by atoms with van der Waals surface area (Å²) in [5, 5.41) is 54.3. The molecule has 78 heavy (non-hydrogen) atoms. The summed E-state index contributed by atoms with van der Waals surface area (Å²) in [5.74, 6) is 1.21. The highest BCUT2D eigenvalue weighted by Gasteiger charge is 2.38. The summed E-state index contributed by atoms with van der Waals surface area (Å²) in [5.41, 5.74) is 4.46. The summed E-state index contributed by atoms with van der Waals surface area (Å²) >= 11 is 4.70. The van der Waals surface area contributed by atoms with Gasteiger partial charge in [-0.3, -0.25) is 4.79 Å². The minimum Gasteiger partial charge on any atom is -0.487 e. The molecule has 3 aliphatic rings. The van der Waals surface area contributed by atoms with E-state index in [0.29, 0.717) is 83.1 Å². The number of aliphatic hydroxyl groups excluding tert-OH is 2. The number of amides is 1. The van der Waals surface area contributed by atoms with Crippen LogP contribution in [0.2, 0.25) is 0 Å². The van der Waals surface area contributed by atoms with Crippen molar-refractivity contribution in [3.63, 3.8) is 0 Å². The van der Waals surface area contributed by atoms with Crippen molar-refractivity contribution in [2.45, 2.75) is 50.6 Å². The molecule has 0 radical (unpaired) electrons. The van der Waals surface area contributed by atoms with Gasteiger partial charge in [-0.05, 0) is 88.4 Å². The van der Waals surface area contributed by atoms with E-state index in [1.807, 2.05) is 9.80 Å². The van der Waals surface area contributed by atoms with E-state index in [2.05, 4.69) is 66.9 Å². The number of nitrogens with zero attached hydrogens (tertiary/aromatic N) is 13. The Kier molecular flexibility index (Phi) is 16.7. The molecule has 4 N–H and O–H groups in total. The molecular formula is C48H42BrF7N14O7S. The van der Waals surface area contributed by atoms with Gasteiger partial charge in [-0.1, -0.05) is 46.8 Å². The van der Waals surface area contributed by atoms with Crippen LogP contribution in [0.4, 0.5) is 47.5 Å². The zero-order chi connectivity index (χ0) is 55.1. The lowest BCUT2D eigenvalue weighted by molar-refractivity contribution is -0.139. The molecule has 8 aromatic rings. The Morgan fingerprint density at radius 1 is 0.718 bits per heavy atom. The molecule has 0 unspecified atom stereocenters. The van der Waals surface area contributed by atoms with E-state index in [1.54, 1.807) is 35.2 Å². The average Bonchev–Trinajstić information content (AvgIpc) is 4.30. The van der Waals surface area contributed by atoms with Crippen molar-refractivity contribution in [1.82, 2.24) is 50.9 Å². The second kappa shape index (κ2) is 23.7. The number of benzene rings is 3. The second-order valence-corrected chi connectivity index (χ2v) is 19.3. The molecular weight excluding hydrogens is 1130 g/mol. The Hall–Kier alpha value is -7.96. The lowest BCUT2D eigenvalue weighted by Crippen LogP contribution is -2.54. The third kappa shape index (κ3) is 13.4. The highest BCUT2D eigenvalue weighted by molar-refractivity contribution is 9.10. The molecule has 0 saturated carbocycles. The Balaban J connectivity index is 0.000000143. The minimum atomic E-state index is -4.46. The number of aromatic nitrogens is 10. The van der Waals surface area contributed by atoms with Crippen LogP contribution in [0.1, 0.15) is 45.4 Å². The predicted molar refractivity (Wildman–Crippen MR) is 265 cm³/mol. The lowest BCUT2D eigenvalue weighted by atomic mass is 9.90. The number of rotatable bonds is 14. The van der Waals surface area contributed by atoms with E-state index in [9.17, 15) is 35.5 Å². The van der Waals surface area contributed by atoms with Crippen molar-refractivity contribution < 1.29 is 64.2 Å². The number of carbonyl (C=O) groups is 1. The fourth-order valence-corrected chi connectivity index (χ4v) is 9.24. The topological polar surface area (TPSA) is 267 Å².